The Morgan fingerprint density at radius 2 is 1.84 bits per heavy atom. The van der Waals surface area contributed by atoms with Crippen molar-refractivity contribution in [2.24, 2.45) is 11.8 Å². The summed E-state index contributed by atoms with van der Waals surface area (Å²) in [4.78, 5) is 26.4. The molecular formula is C18H22F2N2O3. The van der Waals surface area contributed by atoms with Gasteiger partial charge in [0.2, 0.25) is 11.8 Å². The molecule has 5 nitrogen and oxygen atoms in total. The summed E-state index contributed by atoms with van der Waals surface area (Å²) in [6.07, 6.45) is 3.21. The molecule has 1 aromatic rings. The van der Waals surface area contributed by atoms with Crippen LogP contribution in [0, 0.1) is 18.8 Å². The van der Waals surface area contributed by atoms with Gasteiger partial charge in [0.05, 0.1) is 0 Å². The second-order valence-corrected chi connectivity index (χ2v) is 6.67. The second-order valence-electron chi connectivity index (χ2n) is 6.67. The first kappa shape index (κ1) is 17.6. The number of amides is 2. The lowest BCUT2D eigenvalue weighted by Crippen LogP contribution is -2.42. The van der Waals surface area contributed by atoms with E-state index in [0.717, 1.165) is 12.8 Å². The van der Waals surface area contributed by atoms with Crippen LogP contribution in [-0.2, 0) is 9.59 Å². The van der Waals surface area contributed by atoms with Crippen LogP contribution in [0.25, 0.3) is 0 Å². The maximum absolute atomic E-state index is 12.5. The number of anilines is 1. The van der Waals surface area contributed by atoms with Gasteiger partial charge < -0.3 is 15.0 Å². The molecule has 1 saturated carbocycles. The Balaban J connectivity index is 1.57. The number of hydrogen-bond acceptors (Lipinski definition) is 3. The Hall–Kier alpha value is -2.18. The van der Waals surface area contributed by atoms with E-state index in [1.807, 2.05) is 4.90 Å². The molecule has 7 heteroatoms. The molecule has 2 fully saturated rings. The molecule has 2 amide bonds. The molecule has 1 aliphatic carbocycles. The lowest BCUT2D eigenvalue weighted by Gasteiger charge is -2.31. The summed E-state index contributed by atoms with van der Waals surface area (Å²) in [5.74, 6) is 0.146. The van der Waals surface area contributed by atoms with Crippen molar-refractivity contribution in [2.75, 3.05) is 18.4 Å². The fraction of sp³-hybridized carbons (Fsp3) is 0.556. The van der Waals surface area contributed by atoms with Gasteiger partial charge in [-0.1, -0.05) is 6.07 Å². The van der Waals surface area contributed by atoms with E-state index < -0.39 is 6.61 Å². The van der Waals surface area contributed by atoms with E-state index in [9.17, 15) is 18.4 Å². The Bertz CT molecular complexity index is 654. The van der Waals surface area contributed by atoms with Gasteiger partial charge >= 0.3 is 6.61 Å². The van der Waals surface area contributed by atoms with Crippen LogP contribution >= 0.6 is 0 Å². The number of likely N-dealkylation sites (tertiary alicyclic amines) is 1. The second kappa shape index (κ2) is 7.37. The van der Waals surface area contributed by atoms with Crippen LogP contribution in [0.1, 0.15) is 31.2 Å². The number of rotatable bonds is 5. The number of nitrogens with one attached hydrogen (secondary N) is 1. The Morgan fingerprint density at radius 1 is 1.16 bits per heavy atom. The molecule has 2 aliphatic rings. The maximum atomic E-state index is 12.5. The Labute approximate surface area is 145 Å². The molecule has 1 heterocycles. The number of hydrogen-bond donors (Lipinski definition) is 1. The highest BCUT2D eigenvalue weighted by Gasteiger charge is 2.36. The molecule has 136 valence electrons. The maximum Gasteiger partial charge on any atom is 0.387 e. The van der Waals surface area contributed by atoms with Gasteiger partial charge in [-0.15, -0.1) is 0 Å². The summed E-state index contributed by atoms with van der Waals surface area (Å²) in [5.41, 5.74) is 0.942. The zero-order valence-corrected chi connectivity index (χ0v) is 14.1. The summed E-state index contributed by atoms with van der Waals surface area (Å²) in [6, 6.07) is 4.67. The number of benzene rings is 1. The van der Waals surface area contributed by atoms with Crippen LogP contribution < -0.4 is 10.1 Å². The average molecular weight is 352 g/mol. The molecule has 0 radical (unpaired) electrons. The van der Waals surface area contributed by atoms with E-state index in [0.29, 0.717) is 37.2 Å². The van der Waals surface area contributed by atoms with E-state index in [1.165, 1.54) is 6.07 Å². The molecule has 25 heavy (non-hydrogen) atoms. The fourth-order valence-electron chi connectivity index (χ4n) is 3.16. The Kier molecular flexibility index (Phi) is 5.20. The molecule has 3 rings (SSSR count). The van der Waals surface area contributed by atoms with Crippen LogP contribution in [0.4, 0.5) is 14.5 Å². The number of carbonyl (C=O) groups excluding carboxylic acids is 2. The first-order valence-corrected chi connectivity index (χ1v) is 8.59. The number of nitrogens with zero attached hydrogens (tertiary/aromatic N) is 1. The van der Waals surface area contributed by atoms with Crippen LogP contribution in [0.15, 0.2) is 18.2 Å². The average Bonchev–Trinajstić information content (AvgIpc) is 3.42. The van der Waals surface area contributed by atoms with Gasteiger partial charge in [-0.2, -0.15) is 8.78 Å². The summed E-state index contributed by atoms with van der Waals surface area (Å²) in [6.45, 7) is -0.0791. The van der Waals surface area contributed by atoms with Crippen LogP contribution in [0.3, 0.4) is 0 Å². The highest BCUT2D eigenvalue weighted by atomic mass is 19.3. The van der Waals surface area contributed by atoms with Crippen molar-refractivity contribution in [1.82, 2.24) is 4.90 Å². The van der Waals surface area contributed by atoms with E-state index in [4.69, 9.17) is 0 Å². The normalized spacial score (nSPS) is 18.3. The third-order valence-electron chi connectivity index (χ3n) is 4.86. The van der Waals surface area contributed by atoms with E-state index in [2.05, 4.69) is 10.1 Å². The van der Waals surface area contributed by atoms with Crippen molar-refractivity contribution in [1.29, 1.82) is 0 Å². The molecule has 0 bridgehead atoms. The molecule has 1 aliphatic heterocycles. The highest BCUT2D eigenvalue weighted by molar-refractivity contribution is 5.93. The molecule has 0 atom stereocenters. The van der Waals surface area contributed by atoms with Crippen LogP contribution in [-0.4, -0.2) is 36.4 Å². The molecule has 1 saturated heterocycles. The summed E-state index contributed by atoms with van der Waals surface area (Å²) < 4.78 is 29.3. The number of piperidine rings is 1. The van der Waals surface area contributed by atoms with Gasteiger partial charge in [0.1, 0.15) is 5.75 Å². The van der Waals surface area contributed by atoms with Crippen molar-refractivity contribution in [2.45, 2.75) is 39.2 Å². The third-order valence-corrected chi connectivity index (χ3v) is 4.86. The third kappa shape index (κ3) is 4.27. The molecule has 1 aromatic carbocycles. The van der Waals surface area contributed by atoms with E-state index in [-0.39, 0.29) is 29.4 Å². The molecule has 0 spiro atoms. The van der Waals surface area contributed by atoms with Crippen LogP contribution in [0.5, 0.6) is 5.75 Å². The predicted molar refractivity (Wildman–Crippen MR) is 88.5 cm³/mol. The number of halogens is 2. The largest absolute Gasteiger partial charge is 0.434 e. The first-order chi connectivity index (χ1) is 12.0. The number of ether oxygens (including phenoxy) is 1. The van der Waals surface area contributed by atoms with Crippen molar-refractivity contribution >= 4 is 17.5 Å². The minimum atomic E-state index is -2.90. The Morgan fingerprint density at radius 3 is 2.44 bits per heavy atom. The molecule has 0 unspecified atom stereocenters. The number of carbonyl (C=O) groups is 2. The van der Waals surface area contributed by atoms with Gasteiger partial charge in [-0.3, -0.25) is 9.59 Å². The highest BCUT2D eigenvalue weighted by Crippen LogP contribution is 2.33. The van der Waals surface area contributed by atoms with Gasteiger partial charge in [-0.25, -0.2) is 0 Å². The smallest absolute Gasteiger partial charge is 0.387 e. The van der Waals surface area contributed by atoms with Crippen molar-refractivity contribution in [3.63, 3.8) is 0 Å². The lowest BCUT2D eigenvalue weighted by molar-refractivity contribution is -0.135. The quantitative estimate of drug-likeness (QED) is 0.885. The zero-order chi connectivity index (χ0) is 18.0. The van der Waals surface area contributed by atoms with Gasteiger partial charge in [-0.05, 0) is 44.7 Å². The summed E-state index contributed by atoms with van der Waals surface area (Å²) >= 11 is 0. The summed E-state index contributed by atoms with van der Waals surface area (Å²) in [5, 5.41) is 2.81. The molecule has 1 N–H and O–H groups in total. The number of alkyl halides is 2. The van der Waals surface area contributed by atoms with Gasteiger partial charge in [0.25, 0.3) is 0 Å². The van der Waals surface area contributed by atoms with E-state index >= 15 is 0 Å². The monoisotopic (exact) mass is 352 g/mol. The van der Waals surface area contributed by atoms with Gasteiger partial charge in [0, 0.05) is 36.2 Å². The first-order valence-electron chi connectivity index (χ1n) is 8.59. The fourth-order valence-corrected chi connectivity index (χ4v) is 3.16. The van der Waals surface area contributed by atoms with E-state index in [1.54, 1.807) is 19.1 Å². The summed E-state index contributed by atoms with van der Waals surface area (Å²) in [7, 11) is 0. The predicted octanol–water partition coefficient (Wildman–Crippen LogP) is 3.18. The topological polar surface area (TPSA) is 58.6 Å². The molecular weight excluding hydrogens is 330 g/mol. The zero-order valence-electron chi connectivity index (χ0n) is 14.1. The molecule has 0 aromatic heterocycles. The minimum absolute atomic E-state index is 0.0534. The van der Waals surface area contributed by atoms with Gasteiger partial charge in [0.15, 0.2) is 0 Å². The van der Waals surface area contributed by atoms with Crippen molar-refractivity contribution in [3.8, 4) is 5.75 Å². The lowest BCUT2D eigenvalue weighted by atomic mass is 9.95. The SMILES string of the molecule is Cc1c(NC(=O)C2CCN(C(=O)C3CC3)CC2)cccc1OC(F)F. The van der Waals surface area contributed by atoms with Crippen molar-refractivity contribution in [3.05, 3.63) is 23.8 Å². The van der Waals surface area contributed by atoms with Crippen LogP contribution in [0.2, 0.25) is 0 Å². The minimum Gasteiger partial charge on any atom is -0.434 e. The van der Waals surface area contributed by atoms with Crippen molar-refractivity contribution < 1.29 is 23.1 Å². The standard InChI is InChI=1S/C18H22F2N2O3/c1-11-14(3-2-4-15(11)25-18(19)20)21-16(23)12-7-9-22(10-8-12)17(24)13-5-6-13/h2-4,12-13,18H,5-10H2,1H3,(H,21,23).